The standard InChI is InChI=1S/C13H19Br2NO2/c1-9(2)7-16-8-10-5-11(14)13(12(15)6-10)18-4-3-17/h5-6,9,16-17H,3-4,7-8H2,1-2H3. The Morgan fingerprint density at radius 1 is 1.28 bits per heavy atom. The van der Waals surface area contributed by atoms with Crippen LogP contribution in [0.5, 0.6) is 5.75 Å². The first-order valence-corrected chi connectivity index (χ1v) is 7.55. The van der Waals surface area contributed by atoms with Gasteiger partial charge in [0.25, 0.3) is 0 Å². The molecule has 5 heteroatoms. The minimum atomic E-state index is 0.0105. The Kier molecular flexibility index (Phi) is 7.22. The smallest absolute Gasteiger partial charge is 0.147 e. The lowest BCUT2D eigenvalue weighted by atomic mass is 10.2. The van der Waals surface area contributed by atoms with E-state index in [0.717, 1.165) is 27.8 Å². The van der Waals surface area contributed by atoms with E-state index in [2.05, 4.69) is 51.0 Å². The molecule has 0 aliphatic heterocycles. The zero-order valence-electron chi connectivity index (χ0n) is 10.7. The summed E-state index contributed by atoms with van der Waals surface area (Å²) in [5.41, 5.74) is 1.19. The van der Waals surface area contributed by atoms with E-state index < -0.39 is 0 Å². The lowest BCUT2D eigenvalue weighted by Gasteiger charge is -2.12. The third-order valence-electron chi connectivity index (χ3n) is 2.28. The Morgan fingerprint density at radius 2 is 1.89 bits per heavy atom. The van der Waals surface area contributed by atoms with Gasteiger partial charge < -0.3 is 15.2 Å². The Morgan fingerprint density at radius 3 is 2.39 bits per heavy atom. The van der Waals surface area contributed by atoms with Gasteiger partial charge in [0.05, 0.1) is 15.6 Å². The van der Waals surface area contributed by atoms with Crippen LogP contribution in [0.25, 0.3) is 0 Å². The number of benzene rings is 1. The molecule has 18 heavy (non-hydrogen) atoms. The molecule has 0 heterocycles. The van der Waals surface area contributed by atoms with E-state index in [-0.39, 0.29) is 6.61 Å². The van der Waals surface area contributed by atoms with E-state index in [9.17, 15) is 0 Å². The molecule has 3 nitrogen and oxygen atoms in total. The van der Waals surface area contributed by atoms with Gasteiger partial charge in [-0.15, -0.1) is 0 Å². The third-order valence-corrected chi connectivity index (χ3v) is 3.46. The number of hydrogen-bond acceptors (Lipinski definition) is 3. The van der Waals surface area contributed by atoms with Crippen molar-refractivity contribution in [3.8, 4) is 5.75 Å². The number of ether oxygens (including phenoxy) is 1. The van der Waals surface area contributed by atoms with Crippen molar-refractivity contribution in [3.63, 3.8) is 0 Å². The minimum absolute atomic E-state index is 0.0105. The highest BCUT2D eigenvalue weighted by atomic mass is 79.9. The Bertz CT molecular complexity index is 360. The molecule has 2 N–H and O–H groups in total. The summed E-state index contributed by atoms with van der Waals surface area (Å²) < 4.78 is 7.24. The molecule has 1 aromatic carbocycles. The molecule has 0 unspecified atom stereocenters. The summed E-state index contributed by atoms with van der Waals surface area (Å²) in [5, 5.41) is 12.2. The predicted octanol–water partition coefficient (Wildman–Crippen LogP) is 3.33. The van der Waals surface area contributed by atoms with Crippen LogP contribution in [0.4, 0.5) is 0 Å². The molecule has 0 aliphatic rings. The number of hydrogen-bond donors (Lipinski definition) is 2. The van der Waals surface area contributed by atoms with Crippen LogP contribution >= 0.6 is 31.9 Å². The molecule has 0 bridgehead atoms. The maximum absolute atomic E-state index is 8.77. The number of aliphatic hydroxyl groups is 1. The molecule has 1 aromatic rings. The predicted molar refractivity (Wildman–Crippen MR) is 81.0 cm³/mol. The highest BCUT2D eigenvalue weighted by molar-refractivity contribution is 9.11. The van der Waals surface area contributed by atoms with Crippen LogP contribution in [0.1, 0.15) is 19.4 Å². The molecule has 0 saturated carbocycles. The van der Waals surface area contributed by atoms with Crippen LogP contribution in [0.15, 0.2) is 21.1 Å². The van der Waals surface area contributed by atoms with Gasteiger partial charge in [0.1, 0.15) is 12.4 Å². The highest BCUT2D eigenvalue weighted by Crippen LogP contribution is 2.34. The third kappa shape index (κ3) is 5.26. The zero-order chi connectivity index (χ0) is 13.5. The molecule has 0 saturated heterocycles. The number of halogens is 2. The molecule has 0 aromatic heterocycles. The number of nitrogens with one attached hydrogen (secondary N) is 1. The van der Waals surface area contributed by atoms with Gasteiger partial charge in [0.2, 0.25) is 0 Å². The first-order valence-electron chi connectivity index (χ1n) is 5.97. The molecular weight excluding hydrogens is 362 g/mol. The van der Waals surface area contributed by atoms with E-state index in [4.69, 9.17) is 9.84 Å². The normalized spacial score (nSPS) is 11.0. The second kappa shape index (κ2) is 8.15. The van der Waals surface area contributed by atoms with Gasteiger partial charge in [-0.1, -0.05) is 13.8 Å². The van der Waals surface area contributed by atoms with E-state index in [1.807, 2.05) is 12.1 Å². The fourth-order valence-corrected chi connectivity index (χ4v) is 3.02. The van der Waals surface area contributed by atoms with E-state index in [1.54, 1.807) is 0 Å². The van der Waals surface area contributed by atoms with Crippen LogP contribution in [-0.4, -0.2) is 24.9 Å². The Balaban J connectivity index is 2.67. The summed E-state index contributed by atoms with van der Waals surface area (Å²) in [6, 6.07) is 4.07. The van der Waals surface area contributed by atoms with E-state index >= 15 is 0 Å². The zero-order valence-corrected chi connectivity index (χ0v) is 13.8. The van der Waals surface area contributed by atoms with Gasteiger partial charge in [0, 0.05) is 6.54 Å². The summed E-state index contributed by atoms with van der Waals surface area (Å²) in [7, 11) is 0. The van der Waals surface area contributed by atoms with Crippen LogP contribution in [-0.2, 0) is 6.54 Å². The molecule has 0 aliphatic carbocycles. The maximum Gasteiger partial charge on any atom is 0.147 e. The molecule has 0 radical (unpaired) electrons. The lowest BCUT2D eigenvalue weighted by molar-refractivity contribution is 0.200. The van der Waals surface area contributed by atoms with Gasteiger partial charge in [-0.05, 0) is 62.0 Å². The Hall–Kier alpha value is -0.100. The van der Waals surface area contributed by atoms with Crippen molar-refractivity contribution in [3.05, 3.63) is 26.6 Å². The average molecular weight is 381 g/mol. The lowest BCUT2D eigenvalue weighted by Crippen LogP contribution is -2.19. The van der Waals surface area contributed by atoms with Crippen LogP contribution in [0.2, 0.25) is 0 Å². The summed E-state index contributed by atoms with van der Waals surface area (Å²) in [4.78, 5) is 0. The van der Waals surface area contributed by atoms with Crippen molar-refractivity contribution in [1.82, 2.24) is 5.32 Å². The van der Waals surface area contributed by atoms with Gasteiger partial charge in [0.15, 0.2) is 0 Å². The molecule has 0 amide bonds. The van der Waals surface area contributed by atoms with Crippen LogP contribution in [0, 0.1) is 5.92 Å². The SMILES string of the molecule is CC(C)CNCc1cc(Br)c(OCCO)c(Br)c1. The quantitative estimate of drug-likeness (QED) is 0.762. The maximum atomic E-state index is 8.77. The van der Waals surface area contributed by atoms with Crippen molar-refractivity contribution < 1.29 is 9.84 Å². The molecule has 0 fully saturated rings. The fraction of sp³-hybridized carbons (Fsp3) is 0.538. The van der Waals surface area contributed by atoms with Crippen molar-refractivity contribution in [2.24, 2.45) is 5.92 Å². The van der Waals surface area contributed by atoms with Crippen LogP contribution in [0.3, 0.4) is 0 Å². The molecule has 1 rings (SSSR count). The molecular formula is C13H19Br2NO2. The molecule has 102 valence electrons. The van der Waals surface area contributed by atoms with Crippen molar-refractivity contribution >= 4 is 31.9 Å². The minimum Gasteiger partial charge on any atom is -0.489 e. The largest absolute Gasteiger partial charge is 0.489 e. The average Bonchev–Trinajstić information content (AvgIpc) is 2.27. The second-order valence-electron chi connectivity index (χ2n) is 4.49. The molecule has 0 atom stereocenters. The first-order chi connectivity index (χ1) is 8.54. The summed E-state index contributed by atoms with van der Waals surface area (Å²) >= 11 is 6.97. The van der Waals surface area contributed by atoms with Gasteiger partial charge in [-0.2, -0.15) is 0 Å². The highest BCUT2D eigenvalue weighted by Gasteiger charge is 2.08. The Labute approximate surface area is 125 Å². The number of rotatable bonds is 7. The summed E-state index contributed by atoms with van der Waals surface area (Å²) in [6.45, 7) is 6.50. The van der Waals surface area contributed by atoms with Crippen LogP contribution < -0.4 is 10.1 Å². The summed E-state index contributed by atoms with van der Waals surface area (Å²) in [6.07, 6.45) is 0. The number of aliphatic hydroxyl groups excluding tert-OH is 1. The van der Waals surface area contributed by atoms with Crippen molar-refractivity contribution in [2.45, 2.75) is 20.4 Å². The van der Waals surface area contributed by atoms with Gasteiger partial charge in [-0.25, -0.2) is 0 Å². The van der Waals surface area contributed by atoms with Crippen molar-refractivity contribution in [1.29, 1.82) is 0 Å². The van der Waals surface area contributed by atoms with Crippen molar-refractivity contribution in [2.75, 3.05) is 19.8 Å². The topological polar surface area (TPSA) is 41.5 Å². The fourth-order valence-electron chi connectivity index (χ4n) is 1.51. The van der Waals surface area contributed by atoms with Gasteiger partial charge >= 0.3 is 0 Å². The monoisotopic (exact) mass is 379 g/mol. The van der Waals surface area contributed by atoms with Gasteiger partial charge in [-0.3, -0.25) is 0 Å². The van der Waals surface area contributed by atoms with E-state index in [0.29, 0.717) is 12.5 Å². The second-order valence-corrected chi connectivity index (χ2v) is 6.19. The summed E-state index contributed by atoms with van der Waals surface area (Å²) in [5.74, 6) is 1.38. The molecule has 0 spiro atoms. The first kappa shape index (κ1) is 16.0. The van der Waals surface area contributed by atoms with E-state index in [1.165, 1.54) is 5.56 Å².